The third-order valence-electron chi connectivity index (χ3n) is 2.79. The van der Waals surface area contributed by atoms with Crippen LogP contribution in [0.2, 0.25) is 5.02 Å². The number of hydrogen-bond acceptors (Lipinski definition) is 2. The number of benzene rings is 2. The Morgan fingerprint density at radius 1 is 1.16 bits per heavy atom. The van der Waals surface area contributed by atoms with E-state index in [4.69, 9.17) is 16.3 Å². The van der Waals surface area contributed by atoms with Crippen molar-refractivity contribution in [2.75, 3.05) is 6.61 Å². The highest BCUT2D eigenvalue weighted by atomic mass is 35.5. The molecule has 2 aromatic rings. The summed E-state index contributed by atoms with van der Waals surface area (Å²) < 4.78 is 5.35. The van der Waals surface area contributed by atoms with Crippen LogP contribution in [-0.4, -0.2) is 12.4 Å². The summed E-state index contributed by atoms with van der Waals surface area (Å²) in [5.74, 6) is 0.686. The number of carbonyl (C=O) groups excluding carboxylic acids is 1. The molecule has 0 saturated carbocycles. The van der Waals surface area contributed by atoms with Gasteiger partial charge in [0.1, 0.15) is 5.75 Å². The van der Waals surface area contributed by atoms with Crippen LogP contribution in [0.3, 0.4) is 0 Å². The Morgan fingerprint density at radius 3 is 2.47 bits per heavy atom. The van der Waals surface area contributed by atoms with E-state index in [0.29, 0.717) is 22.8 Å². The molecule has 19 heavy (non-hydrogen) atoms. The lowest BCUT2D eigenvalue weighted by Gasteiger charge is -2.06. The molecule has 3 heteroatoms. The van der Waals surface area contributed by atoms with E-state index < -0.39 is 0 Å². The average Bonchev–Trinajstić information content (AvgIpc) is 2.42. The van der Waals surface area contributed by atoms with Crippen LogP contribution < -0.4 is 4.74 Å². The summed E-state index contributed by atoms with van der Waals surface area (Å²) in [5, 5.41) is 0.476. The third-order valence-corrected chi connectivity index (χ3v) is 3.12. The summed E-state index contributed by atoms with van der Waals surface area (Å²) in [4.78, 5) is 12.4. The predicted molar refractivity (Wildman–Crippen MR) is 77.2 cm³/mol. The van der Waals surface area contributed by atoms with Gasteiger partial charge in [0.2, 0.25) is 0 Å². The molecule has 0 atom stereocenters. The van der Waals surface area contributed by atoms with Crippen LogP contribution in [-0.2, 0) is 0 Å². The summed E-state index contributed by atoms with van der Waals surface area (Å²) in [6.07, 6.45) is 0. The van der Waals surface area contributed by atoms with Crippen LogP contribution in [0.1, 0.15) is 28.4 Å². The zero-order chi connectivity index (χ0) is 13.8. The van der Waals surface area contributed by atoms with Gasteiger partial charge in [0, 0.05) is 11.1 Å². The molecule has 0 aromatic heterocycles. The molecule has 0 bridgehead atoms. The minimum atomic E-state index is -0.0725. The van der Waals surface area contributed by atoms with E-state index in [1.54, 1.807) is 36.4 Å². The maximum Gasteiger partial charge on any atom is 0.194 e. The Morgan fingerprint density at radius 2 is 1.84 bits per heavy atom. The fourth-order valence-corrected chi connectivity index (χ4v) is 2.04. The van der Waals surface area contributed by atoms with Crippen molar-refractivity contribution in [2.24, 2.45) is 0 Å². The molecule has 2 aromatic carbocycles. The molecular weight excluding hydrogens is 260 g/mol. The largest absolute Gasteiger partial charge is 0.494 e. The van der Waals surface area contributed by atoms with E-state index in [1.807, 2.05) is 19.9 Å². The van der Waals surface area contributed by atoms with Gasteiger partial charge in [0.25, 0.3) is 0 Å². The molecule has 0 saturated heterocycles. The van der Waals surface area contributed by atoms with Gasteiger partial charge in [0.15, 0.2) is 5.78 Å². The fourth-order valence-electron chi connectivity index (χ4n) is 1.84. The molecular formula is C16H15ClO2. The van der Waals surface area contributed by atoms with Crippen LogP contribution in [0, 0.1) is 6.92 Å². The highest BCUT2D eigenvalue weighted by Crippen LogP contribution is 2.22. The maximum absolute atomic E-state index is 12.4. The van der Waals surface area contributed by atoms with E-state index in [0.717, 1.165) is 11.3 Å². The van der Waals surface area contributed by atoms with Gasteiger partial charge in [-0.2, -0.15) is 0 Å². The Balaban J connectivity index is 2.30. The number of ketones is 1. The van der Waals surface area contributed by atoms with E-state index in [-0.39, 0.29) is 5.78 Å². The van der Waals surface area contributed by atoms with Crippen LogP contribution in [0.5, 0.6) is 5.75 Å². The average molecular weight is 275 g/mol. The van der Waals surface area contributed by atoms with Crippen LogP contribution in [0.15, 0.2) is 42.5 Å². The summed E-state index contributed by atoms with van der Waals surface area (Å²) in [7, 11) is 0. The lowest BCUT2D eigenvalue weighted by Crippen LogP contribution is -2.03. The van der Waals surface area contributed by atoms with Crippen molar-refractivity contribution in [3.05, 3.63) is 64.2 Å². The van der Waals surface area contributed by atoms with Crippen LogP contribution >= 0.6 is 11.6 Å². The quantitative estimate of drug-likeness (QED) is 0.778. The van der Waals surface area contributed by atoms with Gasteiger partial charge in [-0.15, -0.1) is 0 Å². The normalized spacial score (nSPS) is 10.3. The summed E-state index contributed by atoms with van der Waals surface area (Å²) in [6.45, 7) is 4.47. The lowest BCUT2D eigenvalue weighted by atomic mass is 10.0. The van der Waals surface area contributed by atoms with Gasteiger partial charge >= 0.3 is 0 Å². The number of aryl methyl sites for hydroxylation is 1. The van der Waals surface area contributed by atoms with Gasteiger partial charge in [-0.3, -0.25) is 4.79 Å². The summed E-state index contributed by atoms with van der Waals surface area (Å²) in [6, 6.07) is 12.5. The number of carbonyl (C=O) groups is 1. The number of ether oxygens (including phenoxy) is 1. The first-order chi connectivity index (χ1) is 9.11. The monoisotopic (exact) mass is 274 g/mol. The number of rotatable bonds is 4. The van der Waals surface area contributed by atoms with Crippen molar-refractivity contribution in [2.45, 2.75) is 13.8 Å². The van der Waals surface area contributed by atoms with E-state index in [9.17, 15) is 4.79 Å². The summed E-state index contributed by atoms with van der Waals surface area (Å²) >= 11 is 6.08. The van der Waals surface area contributed by atoms with E-state index >= 15 is 0 Å². The molecule has 0 spiro atoms. The van der Waals surface area contributed by atoms with Crippen LogP contribution in [0.4, 0.5) is 0 Å². The van der Waals surface area contributed by atoms with Gasteiger partial charge in [-0.05, 0) is 50.2 Å². The van der Waals surface area contributed by atoms with Crippen LogP contribution in [0.25, 0.3) is 0 Å². The van der Waals surface area contributed by atoms with Crippen molar-refractivity contribution in [3.8, 4) is 5.75 Å². The first-order valence-corrected chi connectivity index (χ1v) is 6.53. The zero-order valence-electron chi connectivity index (χ0n) is 10.9. The molecule has 0 aliphatic rings. The molecule has 0 aliphatic heterocycles. The first-order valence-electron chi connectivity index (χ1n) is 6.15. The van der Waals surface area contributed by atoms with Gasteiger partial charge in [-0.25, -0.2) is 0 Å². The molecule has 0 fully saturated rings. The molecule has 0 unspecified atom stereocenters. The predicted octanol–water partition coefficient (Wildman–Crippen LogP) is 4.28. The number of hydrogen-bond donors (Lipinski definition) is 0. The van der Waals surface area contributed by atoms with E-state index in [1.165, 1.54) is 0 Å². The molecule has 0 N–H and O–H groups in total. The molecule has 0 radical (unpaired) electrons. The topological polar surface area (TPSA) is 26.3 Å². The fraction of sp³-hybridized carbons (Fsp3) is 0.188. The standard InChI is InChI=1S/C16H15ClO2/c1-3-19-13-7-5-12(6-8-13)16(18)14-10-11(2)4-9-15(14)17/h4-10H,3H2,1-2H3. The van der Waals surface area contributed by atoms with Gasteiger partial charge < -0.3 is 4.74 Å². The molecule has 2 nitrogen and oxygen atoms in total. The smallest absolute Gasteiger partial charge is 0.194 e. The number of halogens is 1. The van der Waals surface area contributed by atoms with Crippen molar-refractivity contribution < 1.29 is 9.53 Å². The second kappa shape index (κ2) is 5.89. The van der Waals surface area contributed by atoms with Gasteiger partial charge in [0.05, 0.1) is 11.6 Å². The molecule has 2 rings (SSSR count). The van der Waals surface area contributed by atoms with E-state index in [2.05, 4.69) is 0 Å². The molecule has 0 heterocycles. The highest BCUT2D eigenvalue weighted by Gasteiger charge is 2.13. The zero-order valence-corrected chi connectivity index (χ0v) is 11.7. The second-order valence-corrected chi connectivity index (χ2v) is 4.68. The Kier molecular flexibility index (Phi) is 4.23. The first kappa shape index (κ1) is 13.6. The van der Waals surface area contributed by atoms with Crippen molar-refractivity contribution in [3.63, 3.8) is 0 Å². The highest BCUT2D eigenvalue weighted by molar-refractivity contribution is 6.35. The van der Waals surface area contributed by atoms with Crippen molar-refractivity contribution >= 4 is 17.4 Å². The van der Waals surface area contributed by atoms with Crippen molar-refractivity contribution in [1.29, 1.82) is 0 Å². The summed E-state index contributed by atoms with van der Waals surface area (Å²) in [5.41, 5.74) is 2.15. The minimum Gasteiger partial charge on any atom is -0.494 e. The minimum absolute atomic E-state index is 0.0725. The molecule has 0 amide bonds. The molecule has 0 aliphatic carbocycles. The Hall–Kier alpha value is -1.80. The van der Waals surface area contributed by atoms with Crippen molar-refractivity contribution in [1.82, 2.24) is 0 Å². The van der Waals surface area contributed by atoms with Gasteiger partial charge in [-0.1, -0.05) is 23.2 Å². The maximum atomic E-state index is 12.4. The Labute approximate surface area is 118 Å². The molecule has 98 valence electrons. The Bertz CT molecular complexity index is 588. The SMILES string of the molecule is CCOc1ccc(C(=O)c2cc(C)ccc2Cl)cc1. The third kappa shape index (κ3) is 3.15. The second-order valence-electron chi connectivity index (χ2n) is 4.27. The lowest BCUT2D eigenvalue weighted by molar-refractivity contribution is 0.103.